The molecule has 0 N–H and O–H groups in total. The molecule has 0 spiro atoms. The van der Waals surface area contributed by atoms with Gasteiger partial charge < -0.3 is 28.1 Å². The lowest BCUT2D eigenvalue weighted by atomic mass is 10.1. The smallest absolute Gasteiger partial charge is 0.466 e. The zero-order valence-electron chi connectivity index (χ0n) is 16.8. The van der Waals surface area contributed by atoms with E-state index < -0.39 is 18.3 Å². The molecule has 0 radical (unpaired) electrons. The fraction of sp³-hybridized carbons (Fsp3) is 0.238. The Morgan fingerprint density at radius 1 is 1.00 bits per heavy atom. The lowest BCUT2D eigenvalue weighted by molar-refractivity contribution is -0.140. The van der Waals surface area contributed by atoms with Crippen LogP contribution in [-0.4, -0.2) is 31.5 Å². The van der Waals surface area contributed by atoms with E-state index in [1.165, 1.54) is 30.5 Å². The highest BCUT2D eigenvalue weighted by Crippen LogP contribution is 2.30. The molecule has 2 aromatic rings. The lowest BCUT2D eigenvalue weighted by Gasteiger charge is -2.11. The highest BCUT2D eigenvalue weighted by Gasteiger charge is 2.17. The second kappa shape index (κ2) is 11.7. The first-order chi connectivity index (χ1) is 15.0. The number of nitriles is 1. The van der Waals surface area contributed by atoms with Crippen molar-refractivity contribution in [2.45, 2.75) is 20.5 Å². The Labute approximate surface area is 177 Å². The number of hydrogen-bond donors (Lipinski definition) is 0. The minimum Gasteiger partial charge on any atom is -0.466 e. The predicted octanol–water partition coefficient (Wildman–Crippen LogP) is 4.00. The van der Waals surface area contributed by atoms with E-state index in [1.807, 2.05) is 0 Å². The number of rotatable bonds is 8. The van der Waals surface area contributed by atoms with Crippen molar-refractivity contribution < 1.29 is 42.5 Å². The van der Waals surface area contributed by atoms with Gasteiger partial charge in [0.15, 0.2) is 11.5 Å². The van der Waals surface area contributed by atoms with Crippen molar-refractivity contribution in [3.63, 3.8) is 0 Å². The molecule has 0 saturated heterocycles. The molecule has 10 nitrogen and oxygen atoms in total. The second-order valence-electron chi connectivity index (χ2n) is 5.60. The number of furan rings is 1. The van der Waals surface area contributed by atoms with E-state index in [4.69, 9.17) is 28.1 Å². The quantitative estimate of drug-likeness (QED) is 0.199. The van der Waals surface area contributed by atoms with E-state index in [0.29, 0.717) is 11.3 Å². The van der Waals surface area contributed by atoms with Crippen molar-refractivity contribution in [3.8, 4) is 17.6 Å². The van der Waals surface area contributed by atoms with E-state index in [2.05, 4.69) is 0 Å². The fourth-order valence-corrected chi connectivity index (χ4v) is 2.17. The van der Waals surface area contributed by atoms with Gasteiger partial charge in [0.05, 0.1) is 19.5 Å². The first kappa shape index (κ1) is 23.0. The molecule has 162 valence electrons. The first-order valence-corrected chi connectivity index (χ1v) is 9.11. The molecule has 10 heteroatoms. The van der Waals surface area contributed by atoms with Crippen molar-refractivity contribution in [1.29, 1.82) is 5.26 Å². The second-order valence-corrected chi connectivity index (χ2v) is 5.60. The molecule has 1 aromatic heterocycles. The number of carbonyl (C=O) groups excluding carboxylic acids is 3. The summed E-state index contributed by atoms with van der Waals surface area (Å²) in [4.78, 5) is 35.5. The summed E-state index contributed by atoms with van der Waals surface area (Å²) >= 11 is 0. The largest absolute Gasteiger partial charge is 0.513 e. The molecule has 0 saturated carbocycles. The SMILES string of the molecule is CCOC(=O)Oc1ccc(/C=C(\C#N)C(=O)OCc2ccco2)cc1OC(=O)OCC. The number of ether oxygens (including phenoxy) is 5. The van der Waals surface area contributed by atoms with Crippen LogP contribution in [0.5, 0.6) is 11.5 Å². The summed E-state index contributed by atoms with van der Waals surface area (Å²) in [5.74, 6) is -0.765. The van der Waals surface area contributed by atoms with Crippen LogP contribution in [0.3, 0.4) is 0 Å². The van der Waals surface area contributed by atoms with E-state index >= 15 is 0 Å². The van der Waals surface area contributed by atoms with E-state index in [1.54, 1.807) is 32.0 Å². The number of hydrogen-bond acceptors (Lipinski definition) is 10. The molecule has 0 amide bonds. The zero-order chi connectivity index (χ0) is 22.6. The molecule has 0 aliphatic carbocycles. The molecule has 0 fully saturated rings. The highest BCUT2D eigenvalue weighted by molar-refractivity contribution is 5.98. The summed E-state index contributed by atoms with van der Waals surface area (Å²) < 4.78 is 29.5. The van der Waals surface area contributed by atoms with Crippen LogP contribution in [0.25, 0.3) is 6.08 Å². The molecule has 0 aliphatic heterocycles. The van der Waals surface area contributed by atoms with Gasteiger partial charge in [0, 0.05) is 0 Å². The Morgan fingerprint density at radius 3 is 2.26 bits per heavy atom. The molecule has 0 bridgehead atoms. The molecule has 1 heterocycles. The zero-order valence-corrected chi connectivity index (χ0v) is 16.8. The minimum atomic E-state index is -1.03. The molecule has 0 unspecified atom stereocenters. The summed E-state index contributed by atoms with van der Waals surface area (Å²) in [6.07, 6.45) is 0.612. The predicted molar refractivity (Wildman–Crippen MR) is 104 cm³/mol. The van der Waals surface area contributed by atoms with Gasteiger partial charge in [-0.25, -0.2) is 14.4 Å². The van der Waals surface area contributed by atoms with Crippen LogP contribution in [0, 0.1) is 11.3 Å². The molecule has 0 aliphatic rings. The van der Waals surface area contributed by atoms with Crippen molar-refractivity contribution in [2.24, 2.45) is 0 Å². The van der Waals surface area contributed by atoms with E-state index in [-0.39, 0.29) is 36.9 Å². The number of esters is 1. The maximum absolute atomic E-state index is 12.2. The highest BCUT2D eigenvalue weighted by atomic mass is 16.7. The Kier molecular flexibility index (Phi) is 8.67. The normalized spacial score (nSPS) is 10.5. The van der Waals surface area contributed by atoms with Crippen LogP contribution < -0.4 is 9.47 Å². The number of nitrogens with zero attached hydrogens (tertiary/aromatic N) is 1. The van der Waals surface area contributed by atoms with Crippen molar-refractivity contribution in [2.75, 3.05) is 13.2 Å². The summed E-state index contributed by atoms with van der Waals surface area (Å²) in [6, 6.07) is 9.01. The summed E-state index contributed by atoms with van der Waals surface area (Å²) in [5.41, 5.74) is -0.0188. The van der Waals surface area contributed by atoms with Gasteiger partial charge in [0.2, 0.25) is 0 Å². The van der Waals surface area contributed by atoms with Crippen LogP contribution in [-0.2, 0) is 25.6 Å². The number of benzene rings is 1. The van der Waals surface area contributed by atoms with Crippen molar-refractivity contribution in [3.05, 3.63) is 53.5 Å². The minimum absolute atomic E-state index is 0.0621. The van der Waals surface area contributed by atoms with E-state index in [0.717, 1.165) is 0 Å². The van der Waals surface area contributed by atoms with Crippen molar-refractivity contribution in [1.82, 2.24) is 0 Å². The molecule has 1 aromatic carbocycles. The summed E-state index contributed by atoms with van der Waals surface area (Å²) in [6.45, 7) is 3.18. The maximum atomic E-state index is 12.2. The summed E-state index contributed by atoms with van der Waals surface area (Å²) in [5, 5.41) is 9.30. The van der Waals surface area contributed by atoms with E-state index in [9.17, 15) is 19.6 Å². The topological polar surface area (TPSA) is 134 Å². The van der Waals surface area contributed by atoms with Gasteiger partial charge in [0.1, 0.15) is 24.0 Å². The van der Waals surface area contributed by atoms with Gasteiger partial charge in [0.25, 0.3) is 0 Å². The number of carbonyl (C=O) groups is 3. The average molecular weight is 429 g/mol. The van der Waals surface area contributed by atoms with Gasteiger partial charge in [-0.2, -0.15) is 5.26 Å². The third-order valence-corrected chi connectivity index (χ3v) is 3.46. The van der Waals surface area contributed by atoms with Gasteiger partial charge in [-0.05, 0) is 49.8 Å². The van der Waals surface area contributed by atoms with Crippen LogP contribution in [0.4, 0.5) is 9.59 Å². The van der Waals surface area contributed by atoms with Gasteiger partial charge in [-0.15, -0.1) is 0 Å². The van der Waals surface area contributed by atoms with Crippen LogP contribution in [0.2, 0.25) is 0 Å². The first-order valence-electron chi connectivity index (χ1n) is 9.11. The maximum Gasteiger partial charge on any atom is 0.513 e. The lowest BCUT2D eigenvalue weighted by Crippen LogP contribution is -2.14. The Bertz CT molecular complexity index is 987. The van der Waals surface area contributed by atoms with Crippen molar-refractivity contribution >= 4 is 24.4 Å². The summed E-state index contributed by atoms with van der Waals surface area (Å²) in [7, 11) is 0. The van der Waals surface area contributed by atoms with Crippen LogP contribution in [0.15, 0.2) is 46.6 Å². The average Bonchev–Trinajstić information content (AvgIpc) is 3.26. The van der Waals surface area contributed by atoms with Crippen LogP contribution in [0.1, 0.15) is 25.2 Å². The standard InChI is InChI=1S/C21H19NO9/c1-3-26-20(24)30-17-8-7-14(11-18(17)31-21(25)27-4-2)10-15(12-22)19(23)29-13-16-6-5-9-28-16/h5-11H,3-4,13H2,1-2H3/b15-10+. The third kappa shape index (κ3) is 7.25. The molecule has 2 rings (SSSR count). The Balaban J connectivity index is 2.24. The van der Waals surface area contributed by atoms with Gasteiger partial charge in [-0.1, -0.05) is 6.07 Å². The molecule has 0 atom stereocenters. The fourth-order valence-electron chi connectivity index (χ4n) is 2.17. The Hall–Kier alpha value is -4.26. The molecule has 31 heavy (non-hydrogen) atoms. The Morgan fingerprint density at radius 2 is 1.68 bits per heavy atom. The molecular formula is C21H19NO9. The van der Waals surface area contributed by atoms with Crippen LogP contribution >= 0.6 is 0 Å². The third-order valence-electron chi connectivity index (χ3n) is 3.46. The van der Waals surface area contributed by atoms with Gasteiger partial charge >= 0.3 is 18.3 Å². The monoisotopic (exact) mass is 429 g/mol. The van der Waals surface area contributed by atoms with Gasteiger partial charge in [-0.3, -0.25) is 0 Å². The molecular weight excluding hydrogens is 410 g/mol.